The van der Waals surface area contributed by atoms with Gasteiger partial charge in [0.2, 0.25) is 0 Å². The highest BCUT2D eigenvalue weighted by Gasteiger charge is 2.26. The van der Waals surface area contributed by atoms with Crippen molar-refractivity contribution in [2.24, 2.45) is 11.7 Å². The molecule has 0 saturated carbocycles. The minimum Gasteiger partial charge on any atom is -0.370 e. The molecule has 94 valence electrons. The van der Waals surface area contributed by atoms with E-state index in [0.29, 0.717) is 0 Å². The van der Waals surface area contributed by atoms with Crippen molar-refractivity contribution in [2.75, 3.05) is 26.7 Å². The zero-order valence-corrected chi connectivity index (χ0v) is 10.4. The summed E-state index contributed by atoms with van der Waals surface area (Å²) in [7, 11) is 1.54. The number of amides is 1. The molecule has 0 aliphatic carbocycles. The van der Waals surface area contributed by atoms with Gasteiger partial charge in [-0.25, -0.2) is 0 Å². The van der Waals surface area contributed by atoms with Gasteiger partial charge in [0.25, 0.3) is 5.91 Å². The second-order valence-electron chi connectivity index (χ2n) is 4.52. The number of piperidine rings is 1. The third-order valence-electron chi connectivity index (χ3n) is 3.40. The van der Waals surface area contributed by atoms with Gasteiger partial charge < -0.3 is 15.4 Å². The van der Waals surface area contributed by atoms with E-state index in [4.69, 9.17) is 10.5 Å². The van der Waals surface area contributed by atoms with Gasteiger partial charge in [0.05, 0.1) is 0 Å². The second-order valence-corrected chi connectivity index (χ2v) is 4.52. The Balaban J connectivity index is 2.38. The van der Waals surface area contributed by atoms with E-state index in [0.717, 1.165) is 31.8 Å². The van der Waals surface area contributed by atoms with E-state index >= 15 is 0 Å². The molecule has 1 heterocycles. The van der Waals surface area contributed by atoms with Crippen molar-refractivity contribution in [1.82, 2.24) is 4.90 Å². The Morgan fingerprint density at radius 1 is 1.50 bits per heavy atom. The lowest BCUT2D eigenvalue weighted by Crippen LogP contribution is -2.47. The monoisotopic (exact) mass is 228 g/mol. The van der Waals surface area contributed by atoms with Crippen molar-refractivity contribution in [1.29, 1.82) is 0 Å². The third kappa shape index (κ3) is 3.46. The molecule has 1 atom stereocenters. The van der Waals surface area contributed by atoms with Crippen molar-refractivity contribution in [2.45, 2.75) is 38.7 Å². The largest absolute Gasteiger partial charge is 0.370 e. The highest BCUT2D eigenvalue weighted by atomic mass is 16.5. The van der Waals surface area contributed by atoms with Crippen LogP contribution in [-0.4, -0.2) is 43.7 Å². The van der Waals surface area contributed by atoms with Gasteiger partial charge in [-0.2, -0.15) is 0 Å². The minimum atomic E-state index is -0.456. The van der Waals surface area contributed by atoms with E-state index in [1.165, 1.54) is 12.8 Å². The quantitative estimate of drug-likeness (QED) is 0.763. The van der Waals surface area contributed by atoms with Crippen LogP contribution in [-0.2, 0) is 9.53 Å². The summed E-state index contributed by atoms with van der Waals surface area (Å²) in [6, 6.07) is 0. The van der Waals surface area contributed by atoms with Gasteiger partial charge in [-0.15, -0.1) is 0 Å². The lowest BCUT2D eigenvalue weighted by atomic mass is 9.92. The molecule has 1 fully saturated rings. The van der Waals surface area contributed by atoms with Gasteiger partial charge in [0.1, 0.15) is 6.10 Å². The number of ether oxygens (including phenoxy) is 1. The molecule has 1 amide bonds. The number of methoxy groups -OCH3 is 1. The van der Waals surface area contributed by atoms with Crippen LogP contribution >= 0.6 is 0 Å². The van der Waals surface area contributed by atoms with Crippen LogP contribution in [0.4, 0.5) is 0 Å². The van der Waals surface area contributed by atoms with Gasteiger partial charge in [0, 0.05) is 26.7 Å². The van der Waals surface area contributed by atoms with Crippen LogP contribution in [0.1, 0.15) is 32.6 Å². The van der Waals surface area contributed by atoms with Crippen LogP contribution in [0.5, 0.6) is 0 Å². The third-order valence-corrected chi connectivity index (χ3v) is 3.40. The minimum absolute atomic E-state index is 0.0555. The first kappa shape index (κ1) is 13.5. The Kier molecular flexibility index (Phi) is 5.77. The summed E-state index contributed by atoms with van der Waals surface area (Å²) in [6.45, 7) is 4.21. The second kappa shape index (κ2) is 6.86. The first-order chi connectivity index (χ1) is 7.72. The fourth-order valence-electron chi connectivity index (χ4n) is 2.35. The molecule has 16 heavy (non-hydrogen) atoms. The van der Waals surface area contributed by atoms with Crippen molar-refractivity contribution in [3.8, 4) is 0 Å². The van der Waals surface area contributed by atoms with E-state index in [1.54, 1.807) is 7.11 Å². The van der Waals surface area contributed by atoms with E-state index in [1.807, 2.05) is 4.90 Å². The topological polar surface area (TPSA) is 55.6 Å². The van der Waals surface area contributed by atoms with Gasteiger partial charge >= 0.3 is 0 Å². The Labute approximate surface area is 98.1 Å². The molecule has 1 aliphatic heterocycles. The molecule has 0 spiro atoms. The number of nitrogens with zero attached hydrogens (tertiary/aromatic N) is 1. The number of carbonyl (C=O) groups excluding carboxylic acids is 1. The summed E-state index contributed by atoms with van der Waals surface area (Å²) in [4.78, 5) is 13.8. The zero-order chi connectivity index (χ0) is 12.0. The maximum absolute atomic E-state index is 11.9. The van der Waals surface area contributed by atoms with Crippen molar-refractivity contribution >= 4 is 5.91 Å². The fraction of sp³-hybridized carbons (Fsp3) is 0.917. The highest BCUT2D eigenvalue weighted by Crippen LogP contribution is 2.22. The van der Waals surface area contributed by atoms with Crippen molar-refractivity contribution in [3.05, 3.63) is 0 Å². The summed E-state index contributed by atoms with van der Waals surface area (Å²) in [5, 5.41) is 0. The zero-order valence-electron chi connectivity index (χ0n) is 10.4. The molecule has 0 aromatic carbocycles. The molecular weight excluding hydrogens is 204 g/mol. The first-order valence-electron chi connectivity index (χ1n) is 6.24. The van der Waals surface area contributed by atoms with Crippen molar-refractivity contribution in [3.63, 3.8) is 0 Å². The molecule has 0 radical (unpaired) electrons. The van der Waals surface area contributed by atoms with Crippen LogP contribution in [0.3, 0.4) is 0 Å². The van der Waals surface area contributed by atoms with Gasteiger partial charge in [-0.1, -0.05) is 19.8 Å². The summed E-state index contributed by atoms with van der Waals surface area (Å²) in [6.07, 6.45) is 4.32. The molecule has 4 nitrogen and oxygen atoms in total. The smallest absolute Gasteiger partial charge is 0.253 e. The first-order valence-corrected chi connectivity index (χ1v) is 6.24. The standard InChI is InChI=1S/C12H24N2O2/c1-3-4-10-5-7-14(8-6-10)12(15)11(9-13)16-2/h10-11H,3-9,13H2,1-2H3. The molecule has 0 aromatic rings. The molecule has 1 aliphatic rings. The summed E-state index contributed by atoms with van der Waals surface area (Å²) in [5.41, 5.74) is 5.49. The van der Waals surface area contributed by atoms with Crippen LogP contribution < -0.4 is 5.73 Å². The number of hydrogen-bond donors (Lipinski definition) is 1. The number of rotatable bonds is 5. The molecule has 1 saturated heterocycles. The van der Waals surface area contributed by atoms with Crippen LogP contribution in [0.2, 0.25) is 0 Å². The number of nitrogens with two attached hydrogens (primary N) is 1. The Morgan fingerprint density at radius 2 is 2.12 bits per heavy atom. The Morgan fingerprint density at radius 3 is 2.56 bits per heavy atom. The predicted octanol–water partition coefficient (Wildman–Crippen LogP) is 0.999. The van der Waals surface area contributed by atoms with Gasteiger partial charge in [0.15, 0.2) is 0 Å². The van der Waals surface area contributed by atoms with E-state index in [9.17, 15) is 4.79 Å². The average Bonchev–Trinajstić information content (AvgIpc) is 2.32. The highest BCUT2D eigenvalue weighted by molar-refractivity contribution is 5.81. The van der Waals surface area contributed by atoms with Crippen LogP contribution in [0, 0.1) is 5.92 Å². The normalized spacial score (nSPS) is 19.8. The molecule has 1 unspecified atom stereocenters. The lowest BCUT2D eigenvalue weighted by Gasteiger charge is -2.33. The Hall–Kier alpha value is -0.610. The van der Waals surface area contributed by atoms with E-state index in [2.05, 4.69) is 6.92 Å². The molecular formula is C12H24N2O2. The maximum atomic E-state index is 11.9. The Bertz CT molecular complexity index is 209. The van der Waals surface area contributed by atoms with Crippen LogP contribution in [0.15, 0.2) is 0 Å². The number of carbonyl (C=O) groups is 1. The number of hydrogen-bond acceptors (Lipinski definition) is 3. The van der Waals surface area contributed by atoms with Crippen molar-refractivity contribution < 1.29 is 9.53 Å². The molecule has 0 bridgehead atoms. The molecule has 1 rings (SSSR count). The maximum Gasteiger partial charge on any atom is 0.253 e. The molecule has 2 N–H and O–H groups in total. The van der Waals surface area contributed by atoms with Gasteiger partial charge in [-0.3, -0.25) is 4.79 Å². The SMILES string of the molecule is CCCC1CCN(C(=O)C(CN)OC)CC1. The summed E-state index contributed by atoms with van der Waals surface area (Å²) >= 11 is 0. The number of likely N-dealkylation sites (tertiary alicyclic amines) is 1. The van der Waals surface area contributed by atoms with E-state index in [-0.39, 0.29) is 12.5 Å². The van der Waals surface area contributed by atoms with Crippen LogP contribution in [0.25, 0.3) is 0 Å². The van der Waals surface area contributed by atoms with Gasteiger partial charge in [-0.05, 0) is 18.8 Å². The van der Waals surface area contributed by atoms with E-state index < -0.39 is 6.10 Å². The molecule has 4 heteroatoms. The summed E-state index contributed by atoms with van der Waals surface area (Å²) in [5.74, 6) is 0.855. The predicted molar refractivity (Wildman–Crippen MR) is 64.1 cm³/mol. The summed E-state index contributed by atoms with van der Waals surface area (Å²) < 4.78 is 5.07. The average molecular weight is 228 g/mol. The fourth-order valence-corrected chi connectivity index (χ4v) is 2.35. The lowest BCUT2D eigenvalue weighted by molar-refractivity contribution is -0.142. The molecule has 0 aromatic heterocycles.